The minimum absolute atomic E-state index is 0.654. The summed E-state index contributed by atoms with van der Waals surface area (Å²) < 4.78 is 1.10. The number of pyridine rings is 1. The maximum Gasteiger partial charge on any atom is 0.129 e. The minimum Gasteiger partial charge on any atom is -0.354 e. The zero-order chi connectivity index (χ0) is 14.1. The van der Waals surface area contributed by atoms with E-state index in [0.29, 0.717) is 6.04 Å². The summed E-state index contributed by atoms with van der Waals surface area (Å²) in [4.78, 5) is 7.34. The van der Waals surface area contributed by atoms with Gasteiger partial charge in [0.25, 0.3) is 0 Å². The fourth-order valence-electron chi connectivity index (χ4n) is 3.70. The molecule has 1 aromatic heterocycles. The molecule has 0 aliphatic carbocycles. The molecule has 20 heavy (non-hydrogen) atoms. The zero-order valence-electron chi connectivity index (χ0n) is 12.4. The molecule has 0 radical (unpaired) electrons. The summed E-state index contributed by atoms with van der Waals surface area (Å²) in [5, 5.41) is 3.73. The van der Waals surface area contributed by atoms with Gasteiger partial charge in [-0.1, -0.05) is 6.92 Å². The average molecular weight is 338 g/mol. The Balaban J connectivity index is 1.82. The minimum atomic E-state index is 0.654. The Morgan fingerprint density at radius 1 is 1.30 bits per heavy atom. The molecule has 2 atom stereocenters. The summed E-state index contributed by atoms with van der Waals surface area (Å²) in [6.07, 6.45) is 6.43. The Hall–Kier alpha value is -0.610. The lowest BCUT2D eigenvalue weighted by atomic mass is 9.98. The van der Waals surface area contributed by atoms with Crippen LogP contribution in [0.5, 0.6) is 0 Å². The van der Waals surface area contributed by atoms with E-state index in [1.165, 1.54) is 32.1 Å². The molecule has 2 aliphatic heterocycles. The van der Waals surface area contributed by atoms with Gasteiger partial charge in [-0.15, -0.1) is 0 Å². The smallest absolute Gasteiger partial charge is 0.129 e. The van der Waals surface area contributed by atoms with Gasteiger partial charge in [0.1, 0.15) is 5.82 Å². The van der Waals surface area contributed by atoms with Crippen LogP contribution >= 0.6 is 15.9 Å². The first-order valence-corrected chi connectivity index (χ1v) is 8.62. The molecule has 2 bridgehead atoms. The SMILES string of the molecule is CCCN(c1ccc(Br)c(C)n1)C1CC2CCC(C1)N2. The molecule has 3 rings (SSSR count). The number of nitrogens with one attached hydrogen (secondary N) is 1. The highest BCUT2D eigenvalue weighted by atomic mass is 79.9. The van der Waals surface area contributed by atoms with Crippen molar-refractivity contribution in [1.82, 2.24) is 10.3 Å². The van der Waals surface area contributed by atoms with Gasteiger partial charge in [0.05, 0.1) is 5.69 Å². The van der Waals surface area contributed by atoms with Crippen LogP contribution in [0.2, 0.25) is 0 Å². The van der Waals surface area contributed by atoms with Gasteiger partial charge in [0.15, 0.2) is 0 Å². The number of nitrogens with zero attached hydrogens (tertiary/aromatic N) is 2. The van der Waals surface area contributed by atoms with Crippen molar-refractivity contribution < 1.29 is 0 Å². The van der Waals surface area contributed by atoms with Gasteiger partial charge in [0, 0.05) is 29.1 Å². The fourth-order valence-corrected chi connectivity index (χ4v) is 3.92. The molecule has 2 saturated heterocycles. The zero-order valence-corrected chi connectivity index (χ0v) is 14.0. The Kier molecular flexibility index (Phi) is 4.32. The van der Waals surface area contributed by atoms with E-state index in [9.17, 15) is 0 Å². The van der Waals surface area contributed by atoms with Crippen LogP contribution in [-0.2, 0) is 0 Å². The van der Waals surface area contributed by atoms with E-state index in [4.69, 9.17) is 4.98 Å². The number of piperidine rings is 1. The van der Waals surface area contributed by atoms with Crippen molar-refractivity contribution in [3.05, 3.63) is 22.3 Å². The van der Waals surface area contributed by atoms with Crippen molar-refractivity contribution in [1.29, 1.82) is 0 Å². The third-order valence-corrected chi connectivity index (χ3v) is 5.49. The first kappa shape index (κ1) is 14.3. The topological polar surface area (TPSA) is 28.2 Å². The second-order valence-electron chi connectivity index (χ2n) is 6.19. The third kappa shape index (κ3) is 2.86. The maximum absolute atomic E-state index is 4.80. The van der Waals surface area contributed by atoms with Gasteiger partial charge in [0.2, 0.25) is 0 Å². The molecule has 1 aromatic rings. The summed E-state index contributed by atoms with van der Waals surface area (Å²) in [6.45, 7) is 5.44. The maximum atomic E-state index is 4.80. The number of hydrogen-bond acceptors (Lipinski definition) is 3. The van der Waals surface area contributed by atoms with Crippen molar-refractivity contribution in [3.8, 4) is 0 Å². The second kappa shape index (κ2) is 6.02. The summed E-state index contributed by atoms with van der Waals surface area (Å²) >= 11 is 3.55. The van der Waals surface area contributed by atoms with E-state index >= 15 is 0 Å². The van der Waals surface area contributed by atoms with Crippen LogP contribution in [0.4, 0.5) is 5.82 Å². The summed E-state index contributed by atoms with van der Waals surface area (Å²) in [7, 11) is 0. The van der Waals surface area contributed by atoms with Crippen molar-refractivity contribution in [2.24, 2.45) is 0 Å². The van der Waals surface area contributed by atoms with Gasteiger partial charge in [-0.2, -0.15) is 0 Å². The van der Waals surface area contributed by atoms with Crippen LogP contribution in [0.25, 0.3) is 0 Å². The molecule has 1 N–H and O–H groups in total. The lowest BCUT2D eigenvalue weighted by Gasteiger charge is -2.38. The molecule has 3 heterocycles. The first-order valence-electron chi connectivity index (χ1n) is 7.83. The molecule has 3 nitrogen and oxygen atoms in total. The van der Waals surface area contributed by atoms with Crippen LogP contribution in [0, 0.1) is 6.92 Å². The quantitative estimate of drug-likeness (QED) is 0.908. The van der Waals surface area contributed by atoms with Crippen LogP contribution in [0.1, 0.15) is 44.7 Å². The van der Waals surface area contributed by atoms with Crippen molar-refractivity contribution in [2.75, 3.05) is 11.4 Å². The van der Waals surface area contributed by atoms with Gasteiger partial charge in [-0.25, -0.2) is 4.98 Å². The fraction of sp³-hybridized carbons (Fsp3) is 0.688. The van der Waals surface area contributed by atoms with Crippen LogP contribution in [-0.4, -0.2) is 29.7 Å². The Morgan fingerprint density at radius 2 is 2.00 bits per heavy atom. The molecule has 2 unspecified atom stereocenters. The van der Waals surface area contributed by atoms with E-state index in [1.807, 2.05) is 0 Å². The van der Waals surface area contributed by atoms with Gasteiger partial charge in [-0.3, -0.25) is 0 Å². The van der Waals surface area contributed by atoms with Crippen LogP contribution in [0.15, 0.2) is 16.6 Å². The number of aromatic nitrogens is 1. The average Bonchev–Trinajstić information content (AvgIpc) is 2.78. The molecule has 0 saturated carbocycles. The Morgan fingerprint density at radius 3 is 2.60 bits per heavy atom. The van der Waals surface area contributed by atoms with E-state index < -0.39 is 0 Å². The summed E-state index contributed by atoms with van der Waals surface area (Å²) in [5.41, 5.74) is 1.08. The monoisotopic (exact) mass is 337 g/mol. The van der Waals surface area contributed by atoms with Crippen molar-refractivity contribution in [2.45, 2.75) is 64.1 Å². The Labute approximate surface area is 130 Å². The highest BCUT2D eigenvalue weighted by Crippen LogP contribution is 2.32. The molecule has 0 amide bonds. The molecule has 2 fully saturated rings. The van der Waals surface area contributed by atoms with Gasteiger partial charge in [-0.05, 0) is 67.1 Å². The van der Waals surface area contributed by atoms with E-state index in [2.05, 4.69) is 52.1 Å². The molecule has 4 heteroatoms. The van der Waals surface area contributed by atoms with Gasteiger partial charge >= 0.3 is 0 Å². The molecule has 0 spiro atoms. The van der Waals surface area contributed by atoms with Crippen molar-refractivity contribution in [3.63, 3.8) is 0 Å². The Bertz CT molecular complexity index is 465. The summed E-state index contributed by atoms with van der Waals surface area (Å²) in [5.74, 6) is 1.15. The number of hydrogen-bond donors (Lipinski definition) is 1. The molecular formula is C16H24BrN3. The summed E-state index contributed by atoms with van der Waals surface area (Å²) in [6, 6.07) is 6.42. The van der Waals surface area contributed by atoms with Crippen molar-refractivity contribution >= 4 is 21.7 Å². The van der Waals surface area contributed by atoms with Gasteiger partial charge < -0.3 is 10.2 Å². The molecule has 110 valence electrons. The number of aryl methyl sites for hydroxylation is 1. The lowest BCUT2D eigenvalue weighted by molar-refractivity contribution is 0.345. The number of rotatable bonds is 4. The molecule has 0 aromatic carbocycles. The van der Waals surface area contributed by atoms with E-state index in [-0.39, 0.29) is 0 Å². The van der Waals surface area contributed by atoms with Crippen LogP contribution < -0.4 is 10.2 Å². The largest absolute Gasteiger partial charge is 0.354 e. The third-order valence-electron chi connectivity index (χ3n) is 4.65. The van der Waals surface area contributed by atoms with Crippen LogP contribution in [0.3, 0.4) is 0 Å². The normalized spacial score (nSPS) is 28.6. The predicted octanol–water partition coefficient (Wildman–Crippen LogP) is 3.65. The standard InChI is InChI=1S/C16H24BrN3/c1-3-8-20(16-7-6-15(17)11(2)18-16)14-9-12-4-5-13(10-14)19-12/h6-7,12-14,19H,3-5,8-10H2,1-2H3. The first-order chi connectivity index (χ1) is 9.67. The lowest BCUT2D eigenvalue weighted by Crippen LogP contribution is -2.49. The highest BCUT2D eigenvalue weighted by Gasteiger charge is 2.36. The van der Waals surface area contributed by atoms with E-state index in [0.717, 1.165) is 34.6 Å². The van der Waals surface area contributed by atoms with E-state index in [1.54, 1.807) is 0 Å². The number of anilines is 1. The highest BCUT2D eigenvalue weighted by molar-refractivity contribution is 9.10. The number of halogens is 1. The predicted molar refractivity (Wildman–Crippen MR) is 87.3 cm³/mol. The molecular weight excluding hydrogens is 314 g/mol. The number of fused-ring (bicyclic) bond motifs is 2. The molecule has 2 aliphatic rings. The second-order valence-corrected chi connectivity index (χ2v) is 7.05.